The molecule has 0 spiro atoms. The van der Waals surface area contributed by atoms with Crippen LogP contribution in [0.25, 0.3) is 11.3 Å². The van der Waals surface area contributed by atoms with E-state index in [9.17, 15) is 18.0 Å². The van der Waals surface area contributed by atoms with Crippen molar-refractivity contribution in [3.63, 3.8) is 0 Å². The molecule has 0 saturated heterocycles. The lowest BCUT2D eigenvalue weighted by Gasteiger charge is -2.15. The normalized spacial score (nSPS) is 12.2. The maximum absolute atomic E-state index is 12.5. The first-order valence-electron chi connectivity index (χ1n) is 8.85. The summed E-state index contributed by atoms with van der Waals surface area (Å²) in [5, 5.41) is 20.7. The van der Waals surface area contributed by atoms with Gasteiger partial charge in [0.25, 0.3) is 10.2 Å². The van der Waals surface area contributed by atoms with E-state index in [1.54, 1.807) is 18.6 Å². The van der Waals surface area contributed by atoms with Gasteiger partial charge in [-0.2, -0.15) is 8.42 Å². The van der Waals surface area contributed by atoms with Crippen LogP contribution in [0, 0.1) is 0 Å². The molecule has 30 heavy (non-hydrogen) atoms. The molecule has 0 aliphatic heterocycles. The van der Waals surface area contributed by atoms with Gasteiger partial charge in [-0.05, 0) is 31.4 Å². The average Bonchev–Trinajstić information content (AvgIpc) is 3.14. The number of carbonyl (C=O) groups is 2. The maximum atomic E-state index is 12.5. The fraction of sp³-hybridized carbons (Fsp3) is 0.353. The number of methoxy groups -OCH3 is 1. The fourth-order valence-electron chi connectivity index (χ4n) is 2.54. The zero-order chi connectivity index (χ0) is 22.1. The molecule has 1 atom stereocenters. The number of aromatic nitrogens is 1. The van der Waals surface area contributed by atoms with Crippen LogP contribution in [-0.4, -0.2) is 50.2 Å². The standard InChI is InChI=1S/C17H23N5O6S2/c1-28-12-6-4-5-11(9-12)14-10-29-16(20-14)22-15(23)13(21-17(24)25)7-2-3-8-19-30(18,26)27/h4-6,9-10,13,19,21H,2-3,7-8H2,1H3,(H,24,25)(H2,18,26,27)(H,20,22,23). The number of carboxylic acid groups (broad SMARTS) is 1. The van der Waals surface area contributed by atoms with Gasteiger partial charge in [-0.25, -0.2) is 19.6 Å². The van der Waals surface area contributed by atoms with E-state index in [0.717, 1.165) is 5.56 Å². The van der Waals surface area contributed by atoms with Gasteiger partial charge in [0.1, 0.15) is 11.8 Å². The van der Waals surface area contributed by atoms with Gasteiger partial charge >= 0.3 is 6.09 Å². The van der Waals surface area contributed by atoms with Crippen LogP contribution < -0.4 is 25.2 Å². The van der Waals surface area contributed by atoms with Gasteiger partial charge in [-0.15, -0.1) is 11.3 Å². The molecule has 1 unspecified atom stereocenters. The second-order valence-corrected chi connectivity index (χ2v) is 8.43. The molecule has 1 aromatic carbocycles. The molecule has 0 radical (unpaired) electrons. The van der Waals surface area contributed by atoms with Gasteiger partial charge in [-0.1, -0.05) is 12.1 Å². The topological polar surface area (TPSA) is 173 Å². The Kier molecular flexibility index (Phi) is 8.53. The van der Waals surface area contributed by atoms with Crippen LogP contribution in [-0.2, 0) is 15.0 Å². The number of anilines is 1. The highest BCUT2D eigenvalue weighted by Crippen LogP contribution is 2.27. The lowest BCUT2D eigenvalue weighted by Crippen LogP contribution is -2.43. The highest BCUT2D eigenvalue weighted by Gasteiger charge is 2.21. The van der Waals surface area contributed by atoms with Crippen LogP contribution in [0.15, 0.2) is 29.6 Å². The second-order valence-electron chi connectivity index (χ2n) is 6.20. The van der Waals surface area contributed by atoms with Crippen molar-refractivity contribution in [1.82, 2.24) is 15.0 Å². The van der Waals surface area contributed by atoms with Crippen molar-refractivity contribution in [3.05, 3.63) is 29.6 Å². The number of nitrogens with two attached hydrogens (primary N) is 1. The minimum atomic E-state index is -3.78. The number of thiazole rings is 1. The first-order chi connectivity index (χ1) is 14.2. The predicted octanol–water partition coefficient (Wildman–Crippen LogP) is 1.36. The van der Waals surface area contributed by atoms with Crippen molar-refractivity contribution in [1.29, 1.82) is 0 Å². The summed E-state index contributed by atoms with van der Waals surface area (Å²) in [6.45, 7) is 0.0939. The minimum Gasteiger partial charge on any atom is -0.497 e. The Balaban J connectivity index is 1.96. The average molecular weight is 458 g/mol. The molecule has 0 fully saturated rings. The first-order valence-corrected chi connectivity index (χ1v) is 11.3. The Labute approximate surface area is 177 Å². The van der Waals surface area contributed by atoms with Gasteiger partial charge in [0.15, 0.2) is 5.13 Å². The monoisotopic (exact) mass is 457 g/mol. The third kappa shape index (κ3) is 7.94. The third-order valence-electron chi connectivity index (χ3n) is 3.94. The van der Waals surface area contributed by atoms with Crippen LogP contribution in [0.1, 0.15) is 19.3 Å². The number of carbonyl (C=O) groups excluding carboxylic acids is 1. The highest BCUT2D eigenvalue weighted by molar-refractivity contribution is 7.87. The number of rotatable bonds is 11. The molecule has 2 amide bonds. The molecule has 1 aromatic heterocycles. The highest BCUT2D eigenvalue weighted by atomic mass is 32.2. The summed E-state index contributed by atoms with van der Waals surface area (Å²) < 4.78 is 29.0. The molecule has 11 nitrogen and oxygen atoms in total. The van der Waals surface area contributed by atoms with Crippen molar-refractivity contribution >= 4 is 38.7 Å². The molecule has 2 aromatic rings. The van der Waals surface area contributed by atoms with E-state index in [1.807, 2.05) is 18.2 Å². The molecular weight excluding hydrogens is 434 g/mol. The Morgan fingerprint density at radius 3 is 2.77 bits per heavy atom. The molecule has 6 N–H and O–H groups in total. The van der Waals surface area contributed by atoms with Gasteiger partial charge in [0, 0.05) is 17.5 Å². The quantitative estimate of drug-likeness (QED) is 0.317. The molecule has 0 aliphatic carbocycles. The predicted molar refractivity (Wildman–Crippen MR) is 113 cm³/mol. The van der Waals surface area contributed by atoms with Crippen LogP contribution in [0.4, 0.5) is 9.93 Å². The summed E-state index contributed by atoms with van der Waals surface area (Å²) in [5.41, 5.74) is 1.46. The fourth-order valence-corrected chi connectivity index (χ4v) is 3.70. The third-order valence-corrected chi connectivity index (χ3v) is 5.30. The Morgan fingerprint density at radius 1 is 1.33 bits per heavy atom. The summed E-state index contributed by atoms with van der Waals surface area (Å²) in [6.07, 6.45) is -0.375. The number of unbranched alkanes of at least 4 members (excludes halogenated alkanes) is 1. The van der Waals surface area contributed by atoms with Gasteiger partial charge < -0.3 is 20.5 Å². The number of benzene rings is 1. The number of hydrogen-bond donors (Lipinski definition) is 5. The zero-order valence-electron chi connectivity index (χ0n) is 16.1. The van der Waals surface area contributed by atoms with E-state index >= 15 is 0 Å². The van der Waals surface area contributed by atoms with E-state index in [-0.39, 0.29) is 13.0 Å². The number of nitrogens with zero attached hydrogens (tertiary/aromatic N) is 1. The molecular formula is C17H23N5O6S2. The maximum Gasteiger partial charge on any atom is 0.405 e. The molecule has 13 heteroatoms. The van der Waals surface area contributed by atoms with Crippen molar-refractivity contribution in [2.75, 3.05) is 19.0 Å². The molecule has 1 heterocycles. The van der Waals surface area contributed by atoms with Crippen LogP contribution in [0.5, 0.6) is 5.75 Å². The van der Waals surface area contributed by atoms with Crippen molar-refractivity contribution in [3.8, 4) is 17.0 Å². The lowest BCUT2D eigenvalue weighted by molar-refractivity contribution is -0.118. The Hall–Kier alpha value is -2.74. The number of amides is 2. The minimum absolute atomic E-state index is 0.0939. The SMILES string of the molecule is COc1cccc(-c2csc(NC(=O)C(CCCCNS(N)(=O)=O)NC(=O)O)n2)c1. The van der Waals surface area contributed by atoms with Gasteiger partial charge in [0.05, 0.1) is 12.8 Å². The largest absolute Gasteiger partial charge is 0.497 e. The molecule has 164 valence electrons. The van der Waals surface area contributed by atoms with Crippen LogP contribution >= 0.6 is 11.3 Å². The van der Waals surface area contributed by atoms with E-state index in [1.165, 1.54) is 11.3 Å². The summed E-state index contributed by atoms with van der Waals surface area (Å²) >= 11 is 1.21. The van der Waals surface area contributed by atoms with Gasteiger partial charge in [-0.3, -0.25) is 4.79 Å². The van der Waals surface area contributed by atoms with Gasteiger partial charge in [0.2, 0.25) is 5.91 Å². The van der Waals surface area contributed by atoms with Crippen molar-refractivity contribution in [2.24, 2.45) is 5.14 Å². The van der Waals surface area contributed by atoms with E-state index in [4.69, 9.17) is 15.0 Å². The van der Waals surface area contributed by atoms with Crippen LogP contribution in [0.2, 0.25) is 0 Å². The van der Waals surface area contributed by atoms with E-state index in [0.29, 0.717) is 29.4 Å². The van der Waals surface area contributed by atoms with Crippen LogP contribution in [0.3, 0.4) is 0 Å². The smallest absolute Gasteiger partial charge is 0.405 e. The Morgan fingerprint density at radius 2 is 2.10 bits per heavy atom. The lowest BCUT2D eigenvalue weighted by atomic mass is 10.1. The van der Waals surface area contributed by atoms with E-state index in [2.05, 4.69) is 20.3 Å². The summed E-state index contributed by atoms with van der Waals surface area (Å²) in [6, 6.07) is 6.28. The second kappa shape index (κ2) is 10.9. The number of nitrogens with one attached hydrogen (secondary N) is 3. The first kappa shape index (κ1) is 23.5. The van der Waals surface area contributed by atoms with Crippen molar-refractivity contribution < 1.29 is 27.9 Å². The molecule has 0 saturated carbocycles. The van der Waals surface area contributed by atoms with E-state index < -0.39 is 28.3 Å². The summed E-state index contributed by atoms with van der Waals surface area (Å²) in [5.74, 6) is 0.122. The molecule has 0 bridgehead atoms. The zero-order valence-corrected chi connectivity index (χ0v) is 17.8. The summed E-state index contributed by atoms with van der Waals surface area (Å²) in [7, 11) is -2.22. The molecule has 2 rings (SSSR count). The molecule has 0 aliphatic rings. The summed E-state index contributed by atoms with van der Waals surface area (Å²) in [4.78, 5) is 27.9. The number of hydrogen-bond acceptors (Lipinski definition) is 7. The number of ether oxygens (including phenoxy) is 1. The Bertz CT molecular complexity index is 979. The van der Waals surface area contributed by atoms with Crippen molar-refractivity contribution in [2.45, 2.75) is 25.3 Å².